The SMILES string of the molecule is Cn1cnnc1CCn1c(=S)[nH]c2ccccc21. The van der Waals surface area contributed by atoms with Crippen molar-refractivity contribution in [1.29, 1.82) is 0 Å². The first kappa shape index (κ1) is 11.2. The molecular formula is C12H13N5S. The quantitative estimate of drug-likeness (QED) is 0.733. The van der Waals surface area contributed by atoms with E-state index in [9.17, 15) is 0 Å². The van der Waals surface area contributed by atoms with Crippen LogP contribution < -0.4 is 0 Å². The van der Waals surface area contributed by atoms with E-state index in [2.05, 4.69) is 25.8 Å². The van der Waals surface area contributed by atoms with Gasteiger partial charge in [0.1, 0.15) is 12.2 Å². The number of aryl methyl sites for hydroxylation is 3. The molecule has 3 aromatic rings. The maximum Gasteiger partial charge on any atom is 0.178 e. The van der Waals surface area contributed by atoms with E-state index in [1.54, 1.807) is 6.33 Å². The highest BCUT2D eigenvalue weighted by atomic mass is 32.1. The van der Waals surface area contributed by atoms with Gasteiger partial charge in [-0.1, -0.05) is 12.1 Å². The van der Waals surface area contributed by atoms with E-state index in [1.165, 1.54) is 0 Å². The molecule has 1 aromatic carbocycles. The van der Waals surface area contributed by atoms with Crippen LogP contribution in [0.1, 0.15) is 5.82 Å². The highest BCUT2D eigenvalue weighted by Gasteiger charge is 2.05. The molecule has 0 fully saturated rings. The lowest BCUT2D eigenvalue weighted by Gasteiger charge is -2.04. The lowest BCUT2D eigenvalue weighted by Crippen LogP contribution is -2.05. The van der Waals surface area contributed by atoms with E-state index < -0.39 is 0 Å². The molecule has 0 radical (unpaired) electrons. The fourth-order valence-corrected chi connectivity index (χ4v) is 2.37. The molecule has 0 saturated carbocycles. The zero-order valence-electron chi connectivity index (χ0n) is 10.00. The van der Waals surface area contributed by atoms with Crippen molar-refractivity contribution in [2.75, 3.05) is 0 Å². The van der Waals surface area contributed by atoms with E-state index >= 15 is 0 Å². The molecule has 92 valence electrons. The van der Waals surface area contributed by atoms with Crippen LogP contribution in [-0.4, -0.2) is 24.3 Å². The number of nitrogens with one attached hydrogen (secondary N) is 1. The van der Waals surface area contributed by atoms with Crippen molar-refractivity contribution in [3.05, 3.63) is 41.2 Å². The predicted molar refractivity (Wildman–Crippen MR) is 71.8 cm³/mol. The van der Waals surface area contributed by atoms with Crippen molar-refractivity contribution in [3.8, 4) is 0 Å². The summed E-state index contributed by atoms with van der Waals surface area (Å²) in [4.78, 5) is 3.21. The Kier molecular flexibility index (Phi) is 2.71. The van der Waals surface area contributed by atoms with Crippen LogP contribution in [0.3, 0.4) is 0 Å². The Morgan fingerprint density at radius 3 is 2.94 bits per heavy atom. The summed E-state index contributed by atoms with van der Waals surface area (Å²) >= 11 is 5.35. The predicted octanol–water partition coefficient (Wildman–Crippen LogP) is 2.07. The molecule has 0 atom stereocenters. The third kappa shape index (κ3) is 1.84. The van der Waals surface area contributed by atoms with Gasteiger partial charge < -0.3 is 14.1 Å². The smallest absolute Gasteiger partial charge is 0.178 e. The van der Waals surface area contributed by atoms with Gasteiger partial charge in [0.05, 0.1) is 11.0 Å². The Balaban J connectivity index is 1.93. The van der Waals surface area contributed by atoms with E-state index in [0.29, 0.717) is 0 Å². The maximum absolute atomic E-state index is 5.35. The number of aromatic amines is 1. The normalized spacial score (nSPS) is 11.2. The van der Waals surface area contributed by atoms with Gasteiger partial charge in [0.2, 0.25) is 0 Å². The molecule has 2 heterocycles. The minimum atomic E-state index is 0.748. The Bertz CT molecular complexity index is 736. The number of nitrogens with zero attached hydrogens (tertiary/aromatic N) is 4. The van der Waals surface area contributed by atoms with Gasteiger partial charge in [0, 0.05) is 20.0 Å². The van der Waals surface area contributed by atoms with Crippen molar-refractivity contribution in [3.63, 3.8) is 0 Å². The summed E-state index contributed by atoms with van der Waals surface area (Å²) in [5.41, 5.74) is 2.20. The van der Waals surface area contributed by atoms with Crippen molar-refractivity contribution in [2.24, 2.45) is 7.05 Å². The zero-order valence-corrected chi connectivity index (χ0v) is 10.8. The molecule has 3 rings (SSSR count). The van der Waals surface area contributed by atoms with Gasteiger partial charge in [-0.3, -0.25) is 0 Å². The van der Waals surface area contributed by atoms with E-state index in [1.807, 2.05) is 29.8 Å². The van der Waals surface area contributed by atoms with Crippen LogP contribution in [0.5, 0.6) is 0 Å². The van der Waals surface area contributed by atoms with Crippen molar-refractivity contribution >= 4 is 23.3 Å². The summed E-state index contributed by atoms with van der Waals surface area (Å²) in [6.07, 6.45) is 2.52. The number of imidazole rings is 1. The molecule has 6 heteroatoms. The van der Waals surface area contributed by atoms with E-state index in [0.717, 1.165) is 34.6 Å². The molecular weight excluding hydrogens is 246 g/mol. The van der Waals surface area contributed by atoms with Crippen LogP contribution in [0.15, 0.2) is 30.6 Å². The summed E-state index contributed by atoms with van der Waals surface area (Å²) in [6, 6.07) is 8.12. The van der Waals surface area contributed by atoms with E-state index in [-0.39, 0.29) is 0 Å². The molecule has 0 unspecified atom stereocenters. The van der Waals surface area contributed by atoms with Crippen LogP contribution in [0.25, 0.3) is 11.0 Å². The summed E-state index contributed by atoms with van der Waals surface area (Å²) in [5, 5.41) is 7.96. The monoisotopic (exact) mass is 259 g/mol. The van der Waals surface area contributed by atoms with Gasteiger partial charge in [-0.2, -0.15) is 0 Å². The van der Waals surface area contributed by atoms with Crippen molar-refractivity contribution < 1.29 is 0 Å². The number of fused-ring (bicyclic) bond motifs is 1. The largest absolute Gasteiger partial charge is 0.331 e. The number of hydrogen-bond acceptors (Lipinski definition) is 3. The molecule has 2 aromatic heterocycles. The second-order valence-corrected chi connectivity index (χ2v) is 4.59. The Morgan fingerprint density at radius 1 is 1.33 bits per heavy atom. The number of benzene rings is 1. The minimum Gasteiger partial charge on any atom is -0.331 e. The first-order chi connectivity index (χ1) is 8.75. The Morgan fingerprint density at radius 2 is 2.17 bits per heavy atom. The Labute approximate surface area is 109 Å². The number of para-hydroxylation sites is 2. The average Bonchev–Trinajstić information content (AvgIpc) is 2.90. The fourth-order valence-electron chi connectivity index (χ4n) is 2.07. The highest BCUT2D eigenvalue weighted by Crippen LogP contribution is 2.13. The average molecular weight is 259 g/mol. The second kappa shape index (κ2) is 4.38. The lowest BCUT2D eigenvalue weighted by atomic mass is 10.3. The van der Waals surface area contributed by atoms with Gasteiger partial charge in [0.15, 0.2) is 4.77 Å². The number of hydrogen-bond donors (Lipinski definition) is 1. The van der Waals surface area contributed by atoms with Gasteiger partial charge in [-0.25, -0.2) is 0 Å². The zero-order chi connectivity index (χ0) is 12.5. The molecule has 0 aliphatic rings. The van der Waals surface area contributed by atoms with Gasteiger partial charge in [0.25, 0.3) is 0 Å². The number of H-pyrrole nitrogens is 1. The van der Waals surface area contributed by atoms with Crippen molar-refractivity contribution in [2.45, 2.75) is 13.0 Å². The third-order valence-electron chi connectivity index (χ3n) is 3.05. The van der Waals surface area contributed by atoms with Crippen LogP contribution in [0, 0.1) is 4.77 Å². The highest BCUT2D eigenvalue weighted by molar-refractivity contribution is 7.71. The van der Waals surface area contributed by atoms with E-state index in [4.69, 9.17) is 12.2 Å². The molecule has 5 nitrogen and oxygen atoms in total. The lowest BCUT2D eigenvalue weighted by molar-refractivity contribution is 0.656. The molecule has 0 aliphatic carbocycles. The Hall–Kier alpha value is -1.95. The second-order valence-electron chi connectivity index (χ2n) is 4.21. The molecule has 0 amide bonds. The number of rotatable bonds is 3. The first-order valence-corrected chi connectivity index (χ1v) is 6.17. The maximum atomic E-state index is 5.35. The topological polar surface area (TPSA) is 51.4 Å². The summed E-state index contributed by atoms with van der Waals surface area (Å²) in [5.74, 6) is 0.960. The fraction of sp³-hybridized carbons (Fsp3) is 0.250. The molecule has 0 spiro atoms. The van der Waals surface area contributed by atoms with Gasteiger partial charge in [-0.15, -0.1) is 10.2 Å². The summed E-state index contributed by atoms with van der Waals surface area (Å²) < 4.78 is 4.77. The van der Waals surface area contributed by atoms with Crippen LogP contribution in [-0.2, 0) is 20.0 Å². The molecule has 0 bridgehead atoms. The molecule has 1 N–H and O–H groups in total. The molecule has 0 saturated heterocycles. The standard InChI is InChI=1S/C12H13N5S/c1-16-8-13-15-11(16)6-7-17-10-5-3-2-4-9(10)14-12(17)18/h2-5,8H,6-7H2,1H3,(H,14,18). The number of aromatic nitrogens is 5. The summed E-state index contributed by atoms with van der Waals surface area (Å²) in [6.45, 7) is 0.801. The van der Waals surface area contributed by atoms with Gasteiger partial charge in [-0.05, 0) is 24.4 Å². The van der Waals surface area contributed by atoms with Crippen LogP contribution >= 0.6 is 12.2 Å². The van der Waals surface area contributed by atoms with Crippen LogP contribution in [0.4, 0.5) is 0 Å². The molecule has 0 aliphatic heterocycles. The van der Waals surface area contributed by atoms with Crippen LogP contribution in [0.2, 0.25) is 0 Å². The summed E-state index contributed by atoms with van der Waals surface area (Å²) in [7, 11) is 1.95. The first-order valence-electron chi connectivity index (χ1n) is 5.76. The van der Waals surface area contributed by atoms with Gasteiger partial charge >= 0.3 is 0 Å². The molecule has 18 heavy (non-hydrogen) atoms. The van der Waals surface area contributed by atoms with Crippen molar-refractivity contribution in [1.82, 2.24) is 24.3 Å². The third-order valence-corrected chi connectivity index (χ3v) is 3.37. The minimum absolute atomic E-state index is 0.748.